The van der Waals surface area contributed by atoms with E-state index >= 15 is 0 Å². The molecule has 0 unspecified atom stereocenters. The molecule has 23 heavy (non-hydrogen) atoms. The Balaban J connectivity index is 1.84. The highest BCUT2D eigenvalue weighted by Crippen LogP contribution is 2.30. The predicted octanol–water partition coefficient (Wildman–Crippen LogP) is 3.84. The van der Waals surface area contributed by atoms with Crippen LogP contribution in [0.15, 0.2) is 76.7 Å². The molecular weight excluding hydrogens is 306 g/mol. The van der Waals surface area contributed by atoms with Crippen molar-refractivity contribution < 1.29 is 9.53 Å². The highest BCUT2D eigenvalue weighted by Gasteiger charge is 2.16. The van der Waals surface area contributed by atoms with Crippen molar-refractivity contribution in [2.24, 2.45) is 0 Å². The quantitative estimate of drug-likeness (QED) is 0.475. The molecule has 0 aromatic heterocycles. The van der Waals surface area contributed by atoms with Crippen molar-refractivity contribution >= 4 is 17.5 Å². The van der Waals surface area contributed by atoms with Gasteiger partial charge in [-0.05, 0) is 12.1 Å². The van der Waals surface area contributed by atoms with E-state index in [-0.39, 0.29) is 5.78 Å². The van der Waals surface area contributed by atoms with Crippen molar-refractivity contribution in [2.45, 2.75) is 4.90 Å². The number of morpholine rings is 1. The van der Waals surface area contributed by atoms with Gasteiger partial charge in [-0.15, -0.1) is 0 Å². The molecule has 0 saturated carbocycles. The lowest BCUT2D eigenvalue weighted by molar-refractivity contribution is 0.0574. The van der Waals surface area contributed by atoms with Gasteiger partial charge >= 0.3 is 0 Å². The van der Waals surface area contributed by atoms with E-state index in [1.807, 2.05) is 48.5 Å². The summed E-state index contributed by atoms with van der Waals surface area (Å²) in [6.07, 6.45) is 1.75. The number of carbonyl (C=O) groups excluding carboxylic acids is 1. The van der Waals surface area contributed by atoms with Crippen LogP contribution in [0.5, 0.6) is 0 Å². The molecule has 0 amide bonds. The summed E-state index contributed by atoms with van der Waals surface area (Å²) in [4.78, 5) is 15.9. The van der Waals surface area contributed by atoms with E-state index < -0.39 is 0 Å². The van der Waals surface area contributed by atoms with Gasteiger partial charge in [0.05, 0.1) is 18.2 Å². The van der Waals surface area contributed by atoms with Crippen molar-refractivity contribution in [1.29, 1.82) is 0 Å². The largest absolute Gasteiger partial charge is 0.378 e. The van der Waals surface area contributed by atoms with Gasteiger partial charge in [0.2, 0.25) is 0 Å². The molecule has 0 bridgehead atoms. The molecule has 3 nitrogen and oxygen atoms in total. The van der Waals surface area contributed by atoms with Crippen molar-refractivity contribution in [3.8, 4) is 0 Å². The molecule has 0 atom stereocenters. The summed E-state index contributed by atoms with van der Waals surface area (Å²) in [5.41, 5.74) is 0.715. The summed E-state index contributed by atoms with van der Waals surface area (Å²) < 4.78 is 5.43. The summed E-state index contributed by atoms with van der Waals surface area (Å²) in [5.74, 6) is 0.0375. The molecule has 118 valence electrons. The molecule has 3 rings (SSSR count). The van der Waals surface area contributed by atoms with E-state index in [1.165, 1.54) is 0 Å². The molecule has 1 aliphatic heterocycles. The van der Waals surface area contributed by atoms with E-state index in [0.717, 1.165) is 23.0 Å². The molecule has 0 aliphatic carbocycles. The molecule has 0 N–H and O–H groups in total. The maximum absolute atomic E-state index is 12.5. The lowest BCUT2D eigenvalue weighted by Gasteiger charge is -2.30. The summed E-state index contributed by atoms with van der Waals surface area (Å²) in [6.45, 7) is 3.03. The third kappa shape index (κ3) is 4.47. The number of hydrogen-bond acceptors (Lipinski definition) is 4. The second-order valence-electron chi connectivity index (χ2n) is 5.23. The van der Waals surface area contributed by atoms with Gasteiger partial charge in [-0.3, -0.25) is 4.79 Å². The molecule has 1 fully saturated rings. The molecule has 1 heterocycles. The normalized spacial score (nSPS) is 15.5. The molecule has 2 aromatic carbocycles. The summed E-state index contributed by atoms with van der Waals surface area (Å²) in [5, 5.41) is 0.980. The maximum atomic E-state index is 12.5. The Labute approximate surface area is 141 Å². The summed E-state index contributed by atoms with van der Waals surface area (Å²) in [7, 11) is 0. The SMILES string of the molecule is O=C(/C=C(\Sc1ccccc1)N1CCOCC1)c1ccccc1. The van der Waals surface area contributed by atoms with E-state index in [4.69, 9.17) is 4.74 Å². The number of ether oxygens (including phenoxy) is 1. The van der Waals surface area contributed by atoms with Crippen LogP contribution in [0.2, 0.25) is 0 Å². The number of carbonyl (C=O) groups is 1. The lowest BCUT2D eigenvalue weighted by Crippen LogP contribution is -2.35. The molecule has 1 saturated heterocycles. The number of ketones is 1. The number of nitrogens with zero attached hydrogens (tertiary/aromatic N) is 1. The minimum atomic E-state index is 0.0375. The van der Waals surface area contributed by atoms with Crippen LogP contribution in [0.4, 0.5) is 0 Å². The average Bonchev–Trinajstić information content (AvgIpc) is 2.63. The smallest absolute Gasteiger partial charge is 0.188 e. The van der Waals surface area contributed by atoms with E-state index in [0.29, 0.717) is 18.8 Å². The Morgan fingerprint density at radius 1 is 0.957 bits per heavy atom. The second kappa shape index (κ2) is 7.99. The summed E-state index contributed by atoms with van der Waals surface area (Å²) >= 11 is 1.63. The predicted molar refractivity (Wildman–Crippen MR) is 93.5 cm³/mol. The third-order valence-corrected chi connectivity index (χ3v) is 4.69. The Hall–Kier alpha value is -2.04. The average molecular weight is 325 g/mol. The molecule has 2 aromatic rings. The Morgan fingerprint density at radius 2 is 1.57 bits per heavy atom. The van der Waals surface area contributed by atoms with Crippen LogP contribution in [-0.2, 0) is 4.74 Å². The topological polar surface area (TPSA) is 29.5 Å². The zero-order valence-electron chi connectivity index (χ0n) is 12.9. The van der Waals surface area contributed by atoms with Crippen LogP contribution in [-0.4, -0.2) is 37.0 Å². The minimum absolute atomic E-state index is 0.0375. The summed E-state index contributed by atoms with van der Waals surface area (Å²) in [6, 6.07) is 19.5. The van der Waals surface area contributed by atoms with Crippen LogP contribution in [0.3, 0.4) is 0 Å². The molecule has 0 radical (unpaired) electrons. The fourth-order valence-corrected chi connectivity index (χ4v) is 3.39. The monoisotopic (exact) mass is 325 g/mol. The highest BCUT2D eigenvalue weighted by atomic mass is 32.2. The first kappa shape index (κ1) is 15.8. The first-order valence-electron chi connectivity index (χ1n) is 7.69. The number of rotatable bonds is 5. The van der Waals surface area contributed by atoms with Crippen LogP contribution in [0, 0.1) is 0 Å². The standard InChI is InChI=1S/C19H19NO2S/c21-18(16-7-3-1-4-8-16)15-19(20-11-13-22-14-12-20)23-17-9-5-2-6-10-17/h1-10,15H,11-14H2/b19-15-. The van der Waals surface area contributed by atoms with Crippen LogP contribution in [0.25, 0.3) is 0 Å². The number of thioether (sulfide) groups is 1. The van der Waals surface area contributed by atoms with Crippen LogP contribution < -0.4 is 0 Å². The minimum Gasteiger partial charge on any atom is -0.378 e. The van der Waals surface area contributed by atoms with Crippen LogP contribution in [0.1, 0.15) is 10.4 Å². The molecule has 4 heteroatoms. The highest BCUT2D eigenvalue weighted by molar-refractivity contribution is 8.03. The Kier molecular flexibility index (Phi) is 5.51. The molecular formula is C19H19NO2S. The number of hydrogen-bond donors (Lipinski definition) is 0. The van der Waals surface area contributed by atoms with Gasteiger partial charge < -0.3 is 9.64 Å². The van der Waals surface area contributed by atoms with Gasteiger partial charge in [0.15, 0.2) is 5.78 Å². The fourth-order valence-electron chi connectivity index (χ4n) is 2.38. The number of allylic oxidation sites excluding steroid dienone is 1. The maximum Gasteiger partial charge on any atom is 0.188 e. The second-order valence-corrected chi connectivity index (χ2v) is 6.32. The van der Waals surface area contributed by atoms with Gasteiger partial charge in [-0.2, -0.15) is 0 Å². The van der Waals surface area contributed by atoms with Gasteiger partial charge in [0.25, 0.3) is 0 Å². The Morgan fingerprint density at radius 3 is 2.22 bits per heavy atom. The Bertz CT molecular complexity index is 664. The zero-order valence-corrected chi connectivity index (χ0v) is 13.7. The first-order valence-corrected chi connectivity index (χ1v) is 8.51. The van der Waals surface area contributed by atoms with Gasteiger partial charge in [0.1, 0.15) is 0 Å². The molecule has 0 spiro atoms. The van der Waals surface area contributed by atoms with Gasteiger partial charge in [-0.25, -0.2) is 0 Å². The fraction of sp³-hybridized carbons (Fsp3) is 0.211. The van der Waals surface area contributed by atoms with Gasteiger partial charge in [0, 0.05) is 29.6 Å². The van der Waals surface area contributed by atoms with Crippen molar-refractivity contribution in [1.82, 2.24) is 4.90 Å². The number of benzene rings is 2. The van der Waals surface area contributed by atoms with E-state index in [2.05, 4.69) is 17.0 Å². The molecule has 1 aliphatic rings. The third-order valence-electron chi connectivity index (χ3n) is 3.60. The van der Waals surface area contributed by atoms with Crippen molar-refractivity contribution in [2.75, 3.05) is 26.3 Å². The van der Waals surface area contributed by atoms with Crippen molar-refractivity contribution in [3.63, 3.8) is 0 Å². The lowest BCUT2D eigenvalue weighted by atomic mass is 10.1. The van der Waals surface area contributed by atoms with Gasteiger partial charge in [-0.1, -0.05) is 60.3 Å². The van der Waals surface area contributed by atoms with E-state index in [1.54, 1.807) is 17.8 Å². The zero-order chi connectivity index (χ0) is 15.9. The van der Waals surface area contributed by atoms with E-state index in [9.17, 15) is 4.79 Å². The van der Waals surface area contributed by atoms with Crippen LogP contribution >= 0.6 is 11.8 Å². The van der Waals surface area contributed by atoms with Crippen molar-refractivity contribution in [3.05, 3.63) is 77.3 Å². The first-order chi connectivity index (χ1) is 11.3.